The highest BCUT2D eigenvalue weighted by atomic mass is 32.2. The highest BCUT2D eigenvalue weighted by molar-refractivity contribution is 7.89. The monoisotopic (exact) mass is 314 g/mol. The maximum absolute atomic E-state index is 12.8. The first-order chi connectivity index (χ1) is 9.21. The van der Waals surface area contributed by atoms with E-state index in [0.29, 0.717) is 17.7 Å². The van der Waals surface area contributed by atoms with Crippen molar-refractivity contribution in [3.8, 4) is 0 Å². The molecule has 1 aromatic carbocycles. The lowest BCUT2D eigenvalue weighted by molar-refractivity contribution is 0.354. The molecule has 0 heterocycles. The van der Waals surface area contributed by atoms with Crippen molar-refractivity contribution in [3.63, 3.8) is 0 Å². The van der Waals surface area contributed by atoms with Crippen molar-refractivity contribution >= 4 is 27.2 Å². The zero-order chi connectivity index (χ0) is 15.5. The van der Waals surface area contributed by atoms with Gasteiger partial charge in [0.2, 0.25) is 10.0 Å². The van der Waals surface area contributed by atoms with Crippen molar-refractivity contribution in [2.75, 3.05) is 6.54 Å². The fraction of sp³-hybridized carbons (Fsp3) is 0.500. The Labute approximate surface area is 127 Å². The van der Waals surface area contributed by atoms with Crippen LogP contribution in [0.25, 0.3) is 0 Å². The standard InChI is InChI=1S/C14H22N2O2S2/c1-5-8-16(10(2)3)20(17,18)13-9-12(14(15)19)7-6-11(13)4/h6-7,9-10H,5,8H2,1-4H3,(H2,15,19). The summed E-state index contributed by atoms with van der Waals surface area (Å²) in [5.74, 6) is 0. The molecule has 0 spiro atoms. The summed E-state index contributed by atoms with van der Waals surface area (Å²) in [6.07, 6.45) is 0.769. The van der Waals surface area contributed by atoms with Gasteiger partial charge >= 0.3 is 0 Å². The van der Waals surface area contributed by atoms with Gasteiger partial charge in [-0.1, -0.05) is 31.3 Å². The van der Waals surface area contributed by atoms with Gasteiger partial charge in [0.1, 0.15) is 4.99 Å². The van der Waals surface area contributed by atoms with E-state index < -0.39 is 10.0 Å². The summed E-state index contributed by atoms with van der Waals surface area (Å²) in [5.41, 5.74) is 6.87. The summed E-state index contributed by atoms with van der Waals surface area (Å²) in [6.45, 7) is 7.99. The van der Waals surface area contributed by atoms with E-state index in [1.165, 1.54) is 4.31 Å². The Hall–Kier alpha value is -0.980. The molecule has 2 N–H and O–H groups in total. The Morgan fingerprint density at radius 1 is 1.40 bits per heavy atom. The van der Waals surface area contributed by atoms with Crippen LogP contribution in [-0.4, -0.2) is 30.3 Å². The fourth-order valence-corrected chi connectivity index (χ4v) is 4.14. The third kappa shape index (κ3) is 3.56. The minimum absolute atomic E-state index is 0.0900. The van der Waals surface area contributed by atoms with Crippen LogP contribution in [-0.2, 0) is 10.0 Å². The van der Waals surface area contributed by atoms with Crippen LogP contribution in [0.1, 0.15) is 38.3 Å². The number of hydrogen-bond donors (Lipinski definition) is 1. The average molecular weight is 314 g/mol. The van der Waals surface area contributed by atoms with Gasteiger partial charge in [-0.15, -0.1) is 0 Å². The molecule has 112 valence electrons. The first kappa shape index (κ1) is 17.1. The largest absolute Gasteiger partial charge is 0.389 e. The van der Waals surface area contributed by atoms with Crippen molar-refractivity contribution in [1.29, 1.82) is 0 Å². The summed E-state index contributed by atoms with van der Waals surface area (Å²) < 4.78 is 27.1. The second-order valence-electron chi connectivity index (χ2n) is 5.05. The minimum Gasteiger partial charge on any atom is -0.389 e. The minimum atomic E-state index is -3.53. The molecule has 0 aliphatic heterocycles. The van der Waals surface area contributed by atoms with Crippen LogP contribution in [0.4, 0.5) is 0 Å². The van der Waals surface area contributed by atoms with Gasteiger partial charge in [0, 0.05) is 18.2 Å². The quantitative estimate of drug-likeness (QED) is 0.819. The van der Waals surface area contributed by atoms with Gasteiger partial charge in [-0.05, 0) is 38.8 Å². The summed E-state index contributed by atoms with van der Waals surface area (Å²) in [6, 6.07) is 4.97. The van der Waals surface area contributed by atoms with Crippen molar-refractivity contribution in [1.82, 2.24) is 4.31 Å². The van der Waals surface area contributed by atoms with Crippen molar-refractivity contribution in [3.05, 3.63) is 29.3 Å². The van der Waals surface area contributed by atoms with Gasteiger partial charge in [0.25, 0.3) is 0 Å². The lowest BCUT2D eigenvalue weighted by atomic mass is 10.1. The highest BCUT2D eigenvalue weighted by Crippen LogP contribution is 2.23. The second kappa shape index (κ2) is 6.65. The molecular weight excluding hydrogens is 292 g/mol. The molecule has 0 unspecified atom stereocenters. The van der Waals surface area contributed by atoms with E-state index >= 15 is 0 Å². The number of nitrogens with zero attached hydrogens (tertiary/aromatic N) is 1. The van der Waals surface area contributed by atoms with E-state index in [2.05, 4.69) is 0 Å². The summed E-state index contributed by atoms with van der Waals surface area (Å²) in [5, 5.41) is 0. The molecule has 0 saturated heterocycles. The molecule has 0 aliphatic carbocycles. The summed E-state index contributed by atoms with van der Waals surface area (Å²) in [4.78, 5) is 0.484. The molecule has 0 radical (unpaired) electrons. The summed E-state index contributed by atoms with van der Waals surface area (Å²) in [7, 11) is -3.53. The number of benzene rings is 1. The number of rotatable bonds is 6. The van der Waals surface area contributed by atoms with Crippen molar-refractivity contribution < 1.29 is 8.42 Å². The lowest BCUT2D eigenvalue weighted by Crippen LogP contribution is -2.37. The molecule has 0 bridgehead atoms. The molecular formula is C14H22N2O2S2. The van der Waals surface area contributed by atoms with Crippen LogP contribution in [0, 0.1) is 6.92 Å². The molecule has 1 aromatic rings. The molecule has 0 aromatic heterocycles. The first-order valence-electron chi connectivity index (χ1n) is 6.64. The summed E-state index contributed by atoms with van der Waals surface area (Å²) >= 11 is 4.93. The number of thiocarbonyl (C=S) groups is 1. The van der Waals surface area contributed by atoms with Gasteiger partial charge in [0.15, 0.2) is 0 Å². The zero-order valence-electron chi connectivity index (χ0n) is 12.4. The molecule has 0 fully saturated rings. The predicted molar refractivity (Wildman–Crippen MR) is 86.4 cm³/mol. The number of hydrogen-bond acceptors (Lipinski definition) is 3. The van der Waals surface area contributed by atoms with Crippen molar-refractivity contribution in [2.24, 2.45) is 5.73 Å². The molecule has 20 heavy (non-hydrogen) atoms. The Balaban J connectivity index is 3.40. The Bertz CT molecular complexity index is 595. The van der Waals surface area contributed by atoms with Crippen molar-refractivity contribution in [2.45, 2.75) is 45.1 Å². The SMILES string of the molecule is CCCN(C(C)C)S(=O)(=O)c1cc(C(N)=S)ccc1C. The van der Waals surface area contributed by atoms with Crippen LogP contribution in [0.2, 0.25) is 0 Å². The van der Waals surface area contributed by atoms with Gasteiger partial charge < -0.3 is 5.73 Å². The van der Waals surface area contributed by atoms with Gasteiger partial charge in [-0.3, -0.25) is 0 Å². The number of nitrogens with two attached hydrogens (primary N) is 1. The maximum atomic E-state index is 12.8. The van der Waals surface area contributed by atoms with Gasteiger partial charge in [-0.25, -0.2) is 8.42 Å². The Morgan fingerprint density at radius 2 is 2.00 bits per heavy atom. The third-order valence-corrected chi connectivity index (χ3v) is 5.53. The highest BCUT2D eigenvalue weighted by Gasteiger charge is 2.28. The van der Waals surface area contributed by atoms with E-state index in [9.17, 15) is 8.42 Å². The number of sulfonamides is 1. The molecule has 0 aliphatic rings. The molecule has 0 atom stereocenters. The predicted octanol–water partition coefficient (Wildman–Crippen LogP) is 2.44. The zero-order valence-corrected chi connectivity index (χ0v) is 14.0. The fourth-order valence-electron chi connectivity index (χ4n) is 2.03. The lowest BCUT2D eigenvalue weighted by Gasteiger charge is -2.26. The normalized spacial score (nSPS) is 12.1. The van der Waals surface area contributed by atoms with E-state index in [-0.39, 0.29) is 15.9 Å². The van der Waals surface area contributed by atoms with Gasteiger partial charge in [-0.2, -0.15) is 4.31 Å². The average Bonchev–Trinajstić information content (AvgIpc) is 2.35. The molecule has 1 rings (SSSR count). The Morgan fingerprint density at radius 3 is 2.45 bits per heavy atom. The first-order valence-corrected chi connectivity index (χ1v) is 8.49. The van der Waals surface area contributed by atoms with Crippen LogP contribution in [0.3, 0.4) is 0 Å². The Kier molecular flexibility index (Phi) is 5.68. The number of aryl methyl sites for hydroxylation is 1. The smallest absolute Gasteiger partial charge is 0.243 e. The molecule has 6 heteroatoms. The topological polar surface area (TPSA) is 63.4 Å². The van der Waals surface area contributed by atoms with Crippen LogP contribution < -0.4 is 5.73 Å². The van der Waals surface area contributed by atoms with E-state index in [4.69, 9.17) is 18.0 Å². The van der Waals surface area contributed by atoms with Crippen LogP contribution in [0.15, 0.2) is 23.1 Å². The second-order valence-corrected chi connectivity index (χ2v) is 7.35. The molecule has 4 nitrogen and oxygen atoms in total. The van der Waals surface area contributed by atoms with E-state index in [1.54, 1.807) is 25.1 Å². The van der Waals surface area contributed by atoms with E-state index in [0.717, 1.165) is 6.42 Å². The third-order valence-electron chi connectivity index (χ3n) is 3.08. The van der Waals surface area contributed by atoms with Crippen LogP contribution >= 0.6 is 12.2 Å². The maximum Gasteiger partial charge on any atom is 0.243 e. The molecule has 0 amide bonds. The van der Waals surface area contributed by atoms with Gasteiger partial charge in [0.05, 0.1) is 4.90 Å². The van der Waals surface area contributed by atoms with Crippen LogP contribution in [0.5, 0.6) is 0 Å². The molecule has 0 saturated carbocycles. The van der Waals surface area contributed by atoms with E-state index in [1.807, 2.05) is 20.8 Å².